The molecule has 1 atom stereocenters. The molecule has 1 aromatic rings. The van der Waals surface area contributed by atoms with Crippen LogP contribution in [0.5, 0.6) is 5.75 Å². The van der Waals surface area contributed by atoms with Crippen molar-refractivity contribution in [2.75, 3.05) is 27.4 Å². The van der Waals surface area contributed by atoms with E-state index >= 15 is 0 Å². The number of aryl methyl sites for hydroxylation is 1. The molecule has 6 nitrogen and oxygen atoms in total. The number of aromatic nitrogens is 2. The fraction of sp³-hybridized carbons (Fsp3) is 0.727. The Balaban J connectivity index is 3.06. The topological polar surface area (TPSA) is 82.5 Å². The van der Waals surface area contributed by atoms with Crippen molar-refractivity contribution < 1.29 is 14.6 Å². The van der Waals surface area contributed by atoms with Crippen molar-refractivity contribution in [1.82, 2.24) is 9.78 Å². The van der Waals surface area contributed by atoms with E-state index in [-0.39, 0.29) is 6.61 Å². The van der Waals surface area contributed by atoms with Gasteiger partial charge in [-0.3, -0.25) is 4.68 Å². The number of hydrogen-bond donors (Lipinski definition) is 2. The largest absolute Gasteiger partial charge is 0.493 e. The Hall–Kier alpha value is -1.11. The van der Waals surface area contributed by atoms with Gasteiger partial charge < -0.3 is 20.3 Å². The van der Waals surface area contributed by atoms with Crippen LogP contribution in [0.4, 0.5) is 0 Å². The minimum Gasteiger partial charge on any atom is -0.493 e. The zero-order chi connectivity index (χ0) is 12.9. The first-order chi connectivity index (χ1) is 8.09. The predicted molar refractivity (Wildman–Crippen MR) is 63.8 cm³/mol. The third-order valence-electron chi connectivity index (χ3n) is 2.74. The minimum absolute atomic E-state index is 0.183. The van der Waals surface area contributed by atoms with Gasteiger partial charge in [0.2, 0.25) is 0 Å². The molecule has 0 fully saturated rings. The average molecular weight is 243 g/mol. The summed E-state index contributed by atoms with van der Waals surface area (Å²) in [4.78, 5) is 0. The Morgan fingerprint density at radius 1 is 1.53 bits per heavy atom. The van der Waals surface area contributed by atoms with Crippen molar-refractivity contribution in [3.8, 4) is 5.75 Å². The van der Waals surface area contributed by atoms with Crippen LogP contribution in [0.15, 0.2) is 6.20 Å². The molecule has 0 aliphatic heterocycles. The Bertz CT molecular complexity index is 354. The van der Waals surface area contributed by atoms with Crippen LogP contribution in [0, 0.1) is 0 Å². The molecular formula is C11H21N3O3. The number of ether oxygens (including phenoxy) is 2. The third kappa shape index (κ3) is 2.96. The maximum absolute atomic E-state index is 10.7. The Morgan fingerprint density at radius 2 is 2.24 bits per heavy atom. The van der Waals surface area contributed by atoms with E-state index in [0.717, 1.165) is 0 Å². The van der Waals surface area contributed by atoms with Gasteiger partial charge in [-0.15, -0.1) is 0 Å². The normalized spacial score (nSPS) is 14.6. The second-order valence-corrected chi connectivity index (χ2v) is 4.04. The van der Waals surface area contributed by atoms with Gasteiger partial charge in [-0.1, -0.05) is 0 Å². The van der Waals surface area contributed by atoms with Gasteiger partial charge in [-0.25, -0.2) is 0 Å². The lowest BCUT2D eigenvalue weighted by Gasteiger charge is -2.28. The monoisotopic (exact) mass is 243 g/mol. The molecule has 0 radical (unpaired) electrons. The van der Waals surface area contributed by atoms with E-state index in [1.54, 1.807) is 32.1 Å². The molecule has 6 heteroatoms. The predicted octanol–water partition coefficient (Wildman–Crippen LogP) is 0.00160. The maximum atomic E-state index is 10.7. The van der Waals surface area contributed by atoms with Crippen LogP contribution in [-0.2, 0) is 17.4 Å². The Kier molecular flexibility index (Phi) is 4.92. The van der Waals surface area contributed by atoms with Crippen molar-refractivity contribution in [3.05, 3.63) is 11.9 Å². The lowest BCUT2D eigenvalue weighted by Crippen LogP contribution is -2.34. The van der Waals surface area contributed by atoms with E-state index in [1.165, 1.54) is 0 Å². The van der Waals surface area contributed by atoms with Crippen molar-refractivity contribution in [2.24, 2.45) is 12.8 Å². The van der Waals surface area contributed by atoms with Gasteiger partial charge in [0.15, 0.2) is 5.75 Å². The van der Waals surface area contributed by atoms with Crippen molar-refractivity contribution in [3.63, 3.8) is 0 Å². The molecule has 1 rings (SSSR count). The molecule has 1 aromatic heterocycles. The smallest absolute Gasteiger partial charge is 0.163 e. The summed E-state index contributed by atoms with van der Waals surface area (Å²) in [5.41, 5.74) is 4.99. The number of hydrogen-bond acceptors (Lipinski definition) is 5. The van der Waals surface area contributed by atoms with E-state index in [2.05, 4.69) is 5.10 Å². The van der Waals surface area contributed by atoms with Gasteiger partial charge in [-0.2, -0.15) is 5.10 Å². The second kappa shape index (κ2) is 6.00. The van der Waals surface area contributed by atoms with E-state index in [4.69, 9.17) is 15.2 Å². The molecule has 1 unspecified atom stereocenters. The molecule has 0 amide bonds. The zero-order valence-electron chi connectivity index (χ0n) is 10.6. The summed E-state index contributed by atoms with van der Waals surface area (Å²) in [7, 11) is 4.87. The van der Waals surface area contributed by atoms with Crippen molar-refractivity contribution >= 4 is 0 Å². The summed E-state index contributed by atoms with van der Waals surface area (Å²) >= 11 is 0. The van der Waals surface area contributed by atoms with Gasteiger partial charge in [0.1, 0.15) is 11.3 Å². The summed E-state index contributed by atoms with van der Waals surface area (Å²) in [5.74, 6) is 0.559. The standard InChI is InChI=1S/C11H21N3O3/c1-14-10(9(17-3)7-13-14)11(15,8-16-2)5-4-6-12/h7,15H,4-6,8,12H2,1-3H3. The van der Waals surface area contributed by atoms with E-state index in [0.29, 0.717) is 30.8 Å². The summed E-state index contributed by atoms with van der Waals surface area (Å²) < 4.78 is 11.9. The second-order valence-electron chi connectivity index (χ2n) is 4.04. The van der Waals surface area contributed by atoms with E-state index in [9.17, 15) is 5.11 Å². The first kappa shape index (κ1) is 14.0. The van der Waals surface area contributed by atoms with Crippen LogP contribution < -0.4 is 10.5 Å². The number of rotatable bonds is 7. The first-order valence-corrected chi connectivity index (χ1v) is 5.57. The maximum Gasteiger partial charge on any atom is 0.163 e. The van der Waals surface area contributed by atoms with Gasteiger partial charge in [0.05, 0.1) is 19.9 Å². The summed E-state index contributed by atoms with van der Waals surface area (Å²) in [6.45, 7) is 0.703. The minimum atomic E-state index is -1.12. The van der Waals surface area contributed by atoms with Gasteiger partial charge in [-0.05, 0) is 19.4 Å². The third-order valence-corrected chi connectivity index (χ3v) is 2.74. The fourth-order valence-corrected chi connectivity index (χ4v) is 1.99. The van der Waals surface area contributed by atoms with Crippen LogP contribution in [0.25, 0.3) is 0 Å². The molecule has 98 valence electrons. The summed E-state index contributed by atoms with van der Waals surface area (Å²) in [6.07, 6.45) is 2.79. The van der Waals surface area contributed by atoms with Crippen LogP contribution in [-0.4, -0.2) is 42.3 Å². The highest BCUT2D eigenvalue weighted by atomic mass is 16.5. The molecule has 0 bridgehead atoms. The molecule has 0 aliphatic carbocycles. The molecule has 0 saturated heterocycles. The van der Waals surface area contributed by atoms with Gasteiger partial charge in [0.25, 0.3) is 0 Å². The van der Waals surface area contributed by atoms with Gasteiger partial charge in [0, 0.05) is 14.2 Å². The van der Waals surface area contributed by atoms with Crippen LogP contribution in [0.1, 0.15) is 18.5 Å². The Morgan fingerprint density at radius 3 is 2.76 bits per heavy atom. The van der Waals surface area contributed by atoms with E-state index in [1.807, 2.05) is 0 Å². The molecule has 3 N–H and O–H groups in total. The van der Waals surface area contributed by atoms with Crippen LogP contribution in [0.3, 0.4) is 0 Å². The highest BCUT2D eigenvalue weighted by molar-refractivity contribution is 5.30. The first-order valence-electron chi connectivity index (χ1n) is 5.57. The van der Waals surface area contributed by atoms with Crippen molar-refractivity contribution in [1.29, 1.82) is 0 Å². The SMILES string of the molecule is COCC(O)(CCCN)c1c(OC)cnn1C. The van der Waals surface area contributed by atoms with E-state index < -0.39 is 5.60 Å². The molecular weight excluding hydrogens is 222 g/mol. The number of nitrogens with two attached hydrogens (primary N) is 1. The number of aliphatic hydroxyl groups is 1. The zero-order valence-corrected chi connectivity index (χ0v) is 10.6. The lowest BCUT2D eigenvalue weighted by atomic mass is 9.94. The number of nitrogens with zero attached hydrogens (tertiary/aromatic N) is 2. The summed E-state index contributed by atoms with van der Waals surface area (Å²) in [5, 5.41) is 14.8. The Labute approximate surface area is 101 Å². The quantitative estimate of drug-likeness (QED) is 0.704. The average Bonchev–Trinajstić information content (AvgIpc) is 2.69. The highest BCUT2D eigenvalue weighted by Gasteiger charge is 2.35. The number of methoxy groups -OCH3 is 2. The molecule has 17 heavy (non-hydrogen) atoms. The van der Waals surface area contributed by atoms with Crippen LogP contribution >= 0.6 is 0 Å². The fourth-order valence-electron chi connectivity index (χ4n) is 1.99. The molecule has 0 aliphatic rings. The lowest BCUT2D eigenvalue weighted by molar-refractivity contribution is -0.0499. The molecule has 0 saturated carbocycles. The van der Waals surface area contributed by atoms with Crippen molar-refractivity contribution in [2.45, 2.75) is 18.4 Å². The van der Waals surface area contributed by atoms with Crippen LogP contribution in [0.2, 0.25) is 0 Å². The van der Waals surface area contributed by atoms with Gasteiger partial charge >= 0.3 is 0 Å². The molecule has 0 spiro atoms. The molecule has 1 heterocycles. The highest BCUT2D eigenvalue weighted by Crippen LogP contribution is 2.33. The summed E-state index contributed by atoms with van der Waals surface area (Å²) in [6, 6.07) is 0. The molecule has 0 aromatic carbocycles.